The van der Waals surface area contributed by atoms with E-state index in [4.69, 9.17) is 16.6 Å². The number of carbonyl (C=O) groups is 1. The van der Waals surface area contributed by atoms with Gasteiger partial charge in [0.1, 0.15) is 10.8 Å². The van der Waals surface area contributed by atoms with Crippen molar-refractivity contribution in [3.8, 4) is 10.6 Å². The molecule has 0 radical (unpaired) electrons. The van der Waals surface area contributed by atoms with E-state index in [1.165, 1.54) is 16.5 Å². The minimum atomic E-state index is -0.117. The number of aromatic nitrogens is 1. The Bertz CT molecular complexity index is 1420. The van der Waals surface area contributed by atoms with E-state index in [1.807, 2.05) is 48.5 Å². The fourth-order valence-corrected chi connectivity index (χ4v) is 5.31. The Balaban J connectivity index is 1.33. The molecule has 0 saturated heterocycles. The van der Waals surface area contributed by atoms with Gasteiger partial charge in [0.2, 0.25) is 0 Å². The van der Waals surface area contributed by atoms with E-state index in [0.29, 0.717) is 23.6 Å². The molecule has 1 heterocycles. The number of Topliss-reactive ketones (excluding diaryl/α,β-unsaturated/α-hetero) is 1. The number of aliphatic imine (C=N–C) groups is 1. The summed E-state index contributed by atoms with van der Waals surface area (Å²) in [6.45, 7) is 2.08. The molecule has 33 heavy (non-hydrogen) atoms. The normalized spacial score (nSPS) is 16.8. The van der Waals surface area contributed by atoms with Gasteiger partial charge >= 0.3 is 0 Å². The van der Waals surface area contributed by atoms with Crippen LogP contribution in [0, 0.1) is 6.92 Å². The van der Waals surface area contributed by atoms with Crippen molar-refractivity contribution in [2.45, 2.75) is 25.7 Å². The molecular weight excluding hydrogens is 452 g/mol. The average Bonchev–Trinajstić information content (AvgIpc) is 3.22. The summed E-state index contributed by atoms with van der Waals surface area (Å²) in [5.41, 5.74) is 5.18. The number of aliphatic hydroxyl groups excluding tert-OH is 1. The van der Waals surface area contributed by atoms with Gasteiger partial charge in [-0.15, -0.1) is 11.3 Å². The van der Waals surface area contributed by atoms with Crippen molar-refractivity contribution in [3.05, 3.63) is 94.2 Å². The van der Waals surface area contributed by atoms with Crippen LogP contribution in [0.25, 0.3) is 20.8 Å². The fourth-order valence-electron chi connectivity index (χ4n) is 4.04. The molecule has 4 aromatic rings. The SMILES string of the molecule is Cc1ccc2nc(-c3ccc(N=CC4=C(O)CC(c5cccc(Cl)c5)CC4=O)cc3)sc2c1. The van der Waals surface area contributed by atoms with Gasteiger partial charge in [0, 0.05) is 29.6 Å². The number of carbonyl (C=O) groups excluding carboxylic acids is 1. The first kappa shape index (κ1) is 21.6. The molecule has 0 saturated carbocycles. The van der Waals surface area contributed by atoms with Crippen molar-refractivity contribution in [3.63, 3.8) is 0 Å². The molecule has 0 amide bonds. The van der Waals surface area contributed by atoms with Gasteiger partial charge in [-0.1, -0.05) is 29.8 Å². The number of ketones is 1. The summed E-state index contributed by atoms with van der Waals surface area (Å²) in [6.07, 6.45) is 2.19. The van der Waals surface area contributed by atoms with Crippen LogP contribution in [0.2, 0.25) is 5.02 Å². The predicted molar refractivity (Wildman–Crippen MR) is 136 cm³/mol. The summed E-state index contributed by atoms with van der Waals surface area (Å²) in [7, 11) is 0. The highest BCUT2D eigenvalue weighted by molar-refractivity contribution is 7.21. The minimum Gasteiger partial charge on any atom is -0.511 e. The van der Waals surface area contributed by atoms with E-state index < -0.39 is 0 Å². The lowest BCUT2D eigenvalue weighted by Gasteiger charge is -2.22. The molecule has 1 unspecified atom stereocenters. The van der Waals surface area contributed by atoms with E-state index in [9.17, 15) is 9.90 Å². The van der Waals surface area contributed by atoms with Gasteiger partial charge in [0.25, 0.3) is 0 Å². The second kappa shape index (κ2) is 8.93. The summed E-state index contributed by atoms with van der Waals surface area (Å²) in [4.78, 5) is 21.8. The summed E-state index contributed by atoms with van der Waals surface area (Å²) in [5, 5.41) is 12.1. The summed E-state index contributed by atoms with van der Waals surface area (Å²) >= 11 is 7.74. The minimum absolute atomic E-state index is 0.0707. The van der Waals surface area contributed by atoms with Crippen molar-refractivity contribution in [2.75, 3.05) is 0 Å². The zero-order valence-corrected chi connectivity index (χ0v) is 19.5. The number of fused-ring (bicyclic) bond motifs is 1. The predicted octanol–water partition coefficient (Wildman–Crippen LogP) is 7.59. The highest BCUT2D eigenvalue weighted by Gasteiger charge is 2.27. The Morgan fingerprint density at radius 3 is 2.67 bits per heavy atom. The number of benzene rings is 3. The number of allylic oxidation sites excluding steroid dienone is 2. The molecule has 1 N–H and O–H groups in total. The van der Waals surface area contributed by atoms with Crippen LogP contribution < -0.4 is 0 Å². The van der Waals surface area contributed by atoms with Crippen molar-refractivity contribution < 1.29 is 9.90 Å². The molecule has 0 spiro atoms. The molecule has 1 aromatic heterocycles. The van der Waals surface area contributed by atoms with E-state index in [-0.39, 0.29) is 23.0 Å². The van der Waals surface area contributed by atoms with Gasteiger partial charge in [-0.05, 0) is 72.5 Å². The van der Waals surface area contributed by atoms with Gasteiger partial charge in [-0.3, -0.25) is 9.79 Å². The van der Waals surface area contributed by atoms with Crippen molar-refractivity contribution in [2.24, 2.45) is 4.99 Å². The van der Waals surface area contributed by atoms with Gasteiger partial charge in [-0.25, -0.2) is 4.98 Å². The van der Waals surface area contributed by atoms with E-state index >= 15 is 0 Å². The monoisotopic (exact) mass is 472 g/mol. The molecule has 3 aromatic carbocycles. The Labute approximate surface area is 200 Å². The third kappa shape index (κ3) is 4.61. The van der Waals surface area contributed by atoms with Crippen LogP contribution in [0.4, 0.5) is 5.69 Å². The number of nitrogens with zero attached hydrogens (tertiary/aromatic N) is 2. The quantitative estimate of drug-likeness (QED) is 0.311. The first-order chi connectivity index (χ1) is 16.0. The van der Waals surface area contributed by atoms with Gasteiger partial charge in [-0.2, -0.15) is 0 Å². The number of aryl methyl sites for hydroxylation is 1. The third-order valence-electron chi connectivity index (χ3n) is 5.80. The molecule has 5 rings (SSSR count). The lowest BCUT2D eigenvalue weighted by Crippen LogP contribution is -2.19. The van der Waals surface area contributed by atoms with Crippen molar-refractivity contribution >= 4 is 50.8 Å². The maximum absolute atomic E-state index is 12.7. The molecule has 1 aliphatic rings. The fraction of sp³-hybridized carbons (Fsp3) is 0.148. The first-order valence-corrected chi connectivity index (χ1v) is 11.9. The van der Waals surface area contributed by atoms with Crippen LogP contribution in [0.1, 0.15) is 29.9 Å². The molecule has 164 valence electrons. The molecule has 6 heteroatoms. The highest BCUT2D eigenvalue weighted by atomic mass is 35.5. The zero-order chi connectivity index (χ0) is 22.9. The van der Waals surface area contributed by atoms with Crippen LogP contribution in [-0.2, 0) is 4.79 Å². The second-order valence-electron chi connectivity index (χ2n) is 8.24. The lowest BCUT2D eigenvalue weighted by molar-refractivity contribution is -0.116. The Kier molecular flexibility index (Phi) is 5.83. The number of hydrogen-bond donors (Lipinski definition) is 1. The molecule has 1 aliphatic carbocycles. The molecule has 0 bridgehead atoms. The summed E-state index contributed by atoms with van der Waals surface area (Å²) in [5.74, 6) is -0.125. The van der Waals surface area contributed by atoms with E-state index in [2.05, 4.69) is 24.0 Å². The van der Waals surface area contributed by atoms with Crippen LogP contribution >= 0.6 is 22.9 Å². The topological polar surface area (TPSA) is 62.6 Å². The summed E-state index contributed by atoms with van der Waals surface area (Å²) in [6, 6.07) is 21.4. The molecule has 4 nitrogen and oxygen atoms in total. The van der Waals surface area contributed by atoms with Crippen molar-refractivity contribution in [1.82, 2.24) is 4.98 Å². The summed E-state index contributed by atoms with van der Waals surface area (Å²) < 4.78 is 1.17. The van der Waals surface area contributed by atoms with Crippen LogP contribution in [0.5, 0.6) is 0 Å². The Morgan fingerprint density at radius 2 is 1.91 bits per heavy atom. The van der Waals surface area contributed by atoms with E-state index in [0.717, 1.165) is 21.7 Å². The van der Waals surface area contributed by atoms with Crippen LogP contribution in [0.3, 0.4) is 0 Å². The number of hydrogen-bond acceptors (Lipinski definition) is 5. The maximum atomic E-state index is 12.7. The van der Waals surface area contributed by atoms with Gasteiger partial charge in [0.05, 0.1) is 21.5 Å². The Morgan fingerprint density at radius 1 is 1.09 bits per heavy atom. The number of rotatable bonds is 4. The molecular formula is C27H21ClN2O2S. The first-order valence-electron chi connectivity index (χ1n) is 10.7. The lowest BCUT2D eigenvalue weighted by atomic mass is 9.83. The average molecular weight is 473 g/mol. The largest absolute Gasteiger partial charge is 0.511 e. The standard InChI is InChI=1S/C27H21ClN2O2S/c1-16-5-10-23-26(11-16)33-27(30-23)17-6-8-21(9-7-17)29-15-22-24(31)13-19(14-25(22)32)18-3-2-4-20(28)12-18/h2-12,15,19,31H,13-14H2,1H3. The molecule has 0 aliphatic heterocycles. The zero-order valence-electron chi connectivity index (χ0n) is 18.0. The maximum Gasteiger partial charge on any atom is 0.168 e. The highest BCUT2D eigenvalue weighted by Crippen LogP contribution is 2.35. The molecule has 0 fully saturated rings. The van der Waals surface area contributed by atoms with E-state index in [1.54, 1.807) is 17.4 Å². The van der Waals surface area contributed by atoms with Crippen LogP contribution in [0.15, 0.2) is 83.1 Å². The third-order valence-corrected chi connectivity index (χ3v) is 7.11. The molecule has 1 atom stereocenters. The van der Waals surface area contributed by atoms with Gasteiger partial charge in [0.15, 0.2) is 5.78 Å². The smallest absolute Gasteiger partial charge is 0.168 e. The van der Waals surface area contributed by atoms with Crippen LogP contribution in [-0.4, -0.2) is 22.1 Å². The second-order valence-corrected chi connectivity index (χ2v) is 9.71. The number of thiazole rings is 1. The number of aliphatic hydroxyl groups is 1. The number of halogens is 1. The van der Waals surface area contributed by atoms with Gasteiger partial charge < -0.3 is 5.11 Å². The Hall–Kier alpha value is -3.28. The van der Waals surface area contributed by atoms with Crippen molar-refractivity contribution in [1.29, 1.82) is 0 Å².